The Labute approximate surface area is 229 Å². The molecule has 0 unspecified atom stereocenters. The van der Waals surface area contributed by atoms with Gasteiger partial charge in [0.05, 0.1) is 17.3 Å². The third-order valence-corrected chi connectivity index (χ3v) is 7.56. The number of fused-ring (bicyclic) bond motifs is 2. The van der Waals surface area contributed by atoms with Gasteiger partial charge in [-0.1, -0.05) is 54.6 Å². The van der Waals surface area contributed by atoms with E-state index in [9.17, 15) is 14.7 Å². The molecule has 6 aromatic rings. The number of aromatic carboxylic acids is 1. The van der Waals surface area contributed by atoms with Gasteiger partial charge in [0.25, 0.3) is 5.91 Å². The van der Waals surface area contributed by atoms with Gasteiger partial charge in [0.15, 0.2) is 0 Å². The van der Waals surface area contributed by atoms with Gasteiger partial charge in [0.1, 0.15) is 5.69 Å². The van der Waals surface area contributed by atoms with Crippen LogP contribution in [0.2, 0.25) is 0 Å². The van der Waals surface area contributed by atoms with Crippen LogP contribution in [0.15, 0.2) is 102 Å². The van der Waals surface area contributed by atoms with Crippen molar-refractivity contribution in [1.82, 2.24) is 14.1 Å². The van der Waals surface area contributed by atoms with Crippen LogP contribution >= 0.6 is 11.5 Å². The molecule has 3 heterocycles. The highest BCUT2D eigenvalue weighted by molar-refractivity contribution is 7.03. The zero-order valence-corrected chi connectivity index (χ0v) is 22.0. The lowest BCUT2D eigenvalue weighted by Gasteiger charge is -2.17. The van der Waals surface area contributed by atoms with E-state index in [-0.39, 0.29) is 17.5 Å². The average molecular weight is 532 g/mol. The maximum absolute atomic E-state index is 13.8. The minimum absolute atomic E-state index is 0.209. The Morgan fingerprint density at radius 3 is 2.46 bits per heavy atom. The van der Waals surface area contributed by atoms with Gasteiger partial charge >= 0.3 is 5.97 Å². The molecular formula is C32H25N3O3S. The highest BCUT2D eigenvalue weighted by atomic mass is 32.1. The van der Waals surface area contributed by atoms with Crippen molar-refractivity contribution in [2.75, 3.05) is 0 Å². The summed E-state index contributed by atoms with van der Waals surface area (Å²) in [5.74, 6) is -1.20. The smallest absolute Gasteiger partial charge is 0.335 e. The number of amides is 1. The number of nitrogens with one attached hydrogen (secondary N) is 1. The van der Waals surface area contributed by atoms with E-state index in [1.807, 2.05) is 47.0 Å². The molecule has 0 aliphatic rings. The van der Waals surface area contributed by atoms with Crippen LogP contribution in [-0.2, 0) is 6.42 Å². The van der Waals surface area contributed by atoms with E-state index in [0.717, 1.165) is 33.6 Å². The van der Waals surface area contributed by atoms with Crippen molar-refractivity contribution < 1.29 is 14.7 Å². The number of pyridine rings is 1. The Kier molecular flexibility index (Phi) is 6.42. The van der Waals surface area contributed by atoms with Gasteiger partial charge in [0.2, 0.25) is 0 Å². The van der Waals surface area contributed by atoms with Crippen molar-refractivity contribution in [2.24, 2.45) is 0 Å². The van der Waals surface area contributed by atoms with Crippen LogP contribution in [0.5, 0.6) is 0 Å². The van der Waals surface area contributed by atoms with E-state index in [2.05, 4.69) is 52.2 Å². The highest BCUT2D eigenvalue weighted by Gasteiger charge is 2.19. The Hall–Kier alpha value is -4.75. The van der Waals surface area contributed by atoms with Gasteiger partial charge in [-0.3, -0.25) is 4.79 Å². The van der Waals surface area contributed by atoms with E-state index in [1.165, 1.54) is 22.3 Å². The summed E-state index contributed by atoms with van der Waals surface area (Å²) in [5.41, 5.74) is 6.34. The van der Waals surface area contributed by atoms with E-state index < -0.39 is 5.97 Å². The van der Waals surface area contributed by atoms with Crippen LogP contribution in [0.4, 0.5) is 0 Å². The summed E-state index contributed by atoms with van der Waals surface area (Å²) in [6, 6.07) is 31.0. The standard InChI is InChI=1S/C32H25N3O3S/c1-20(22-8-10-24(11-9-22)32(37)38)33-31(36)30-19-26(29-14-15-39-34-29)18-28-13-12-27(35(28)30)17-21-6-7-23-4-2-3-5-25(23)16-21/h2-16,18-20H,17H2,1H3,(H,33,36)(H,37,38)/t20-/m0/s1. The fourth-order valence-electron chi connectivity index (χ4n) is 4.96. The zero-order chi connectivity index (χ0) is 26.9. The molecule has 6 nitrogen and oxygen atoms in total. The van der Waals surface area contributed by atoms with E-state index in [1.54, 1.807) is 24.3 Å². The molecule has 2 N–H and O–H groups in total. The molecule has 0 fully saturated rings. The first-order valence-corrected chi connectivity index (χ1v) is 13.5. The Bertz CT molecular complexity index is 1820. The number of carboxylic acids is 1. The number of benzene rings is 3. The molecule has 3 aromatic heterocycles. The molecule has 0 spiro atoms. The van der Waals surface area contributed by atoms with Crippen LogP contribution in [0.1, 0.15) is 50.6 Å². The molecule has 7 heteroatoms. The van der Waals surface area contributed by atoms with Gasteiger partial charge in [-0.25, -0.2) is 4.79 Å². The number of rotatable bonds is 7. The quantitative estimate of drug-likeness (QED) is 0.232. The van der Waals surface area contributed by atoms with Crippen molar-refractivity contribution in [1.29, 1.82) is 0 Å². The summed E-state index contributed by atoms with van der Waals surface area (Å²) in [5, 5.41) is 16.6. The lowest BCUT2D eigenvalue weighted by Crippen LogP contribution is -2.28. The molecule has 1 amide bonds. The van der Waals surface area contributed by atoms with Crippen LogP contribution < -0.4 is 5.32 Å². The van der Waals surface area contributed by atoms with Crippen LogP contribution in [0.3, 0.4) is 0 Å². The fraction of sp³-hybridized carbons (Fsp3) is 0.0938. The molecule has 0 saturated carbocycles. The summed E-state index contributed by atoms with van der Waals surface area (Å²) in [4.78, 5) is 25.0. The highest BCUT2D eigenvalue weighted by Crippen LogP contribution is 2.27. The monoisotopic (exact) mass is 531 g/mol. The maximum Gasteiger partial charge on any atom is 0.335 e. The first-order valence-electron chi connectivity index (χ1n) is 12.6. The second-order valence-corrected chi connectivity index (χ2v) is 10.2. The van der Waals surface area contributed by atoms with Crippen LogP contribution in [-0.4, -0.2) is 25.8 Å². The molecular weight excluding hydrogens is 506 g/mol. The average Bonchev–Trinajstić information content (AvgIpc) is 3.63. The number of carboxylic acid groups (broad SMARTS) is 1. The SMILES string of the molecule is C[C@H](NC(=O)c1cc(-c2ccsn2)cc2ccc(Cc3ccc4ccccc4c3)n12)c1ccc(C(=O)O)cc1. The fourth-order valence-corrected chi connectivity index (χ4v) is 5.49. The van der Waals surface area contributed by atoms with Gasteiger partial charge in [-0.2, -0.15) is 4.37 Å². The van der Waals surface area contributed by atoms with E-state index >= 15 is 0 Å². The summed E-state index contributed by atoms with van der Waals surface area (Å²) < 4.78 is 6.50. The first kappa shape index (κ1) is 24.6. The third kappa shape index (κ3) is 4.92. The summed E-state index contributed by atoms with van der Waals surface area (Å²) in [6.07, 6.45) is 0.668. The van der Waals surface area contributed by atoms with E-state index in [0.29, 0.717) is 12.1 Å². The molecule has 1 atom stereocenters. The number of nitrogens with zero attached hydrogens (tertiary/aromatic N) is 2. The Morgan fingerprint density at radius 2 is 1.72 bits per heavy atom. The van der Waals surface area contributed by atoms with Crippen molar-refractivity contribution in [3.05, 3.63) is 131 Å². The number of carbonyl (C=O) groups excluding carboxylic acids is 1. The van der Waals surface area contributed by atoms with Crippen molar-refractivity contribution in [3.8, 4) is 11.3 Å². The van der Waals surface area contributed by atoms with Crippen LogP contribution in [0.25, 0.3) is 27.5 Å². The van der Waals surface area contributed by atoms with Gasteiger partial charge in [-0.15, -0.1) is 0 Å². The van der Waals surface area contributed by atoms with Gasteiger partial charge in [-0.05, 0) is 82.8 Å². The minimum Gasteiger partial charge on any atom is -0.478 e. The second-order valence-electron chi connectivity index (χ2n) is 9.58. The second kappa shape index (κ2) is 10.2. The molecule has 0 aliphatic heterocycles. The Balaban J connectivity index is 1.38. The molecule has 6 rings (SSSR count). The lowest BCUT2D eigenvalue weighted by molar-refractivity contribution is 0.0696. The maximum atomic E-state index is 13.8. The van der Waals surface area contributed by atoms with Crippen molar-refractivity contribution in [2.45, 2.75) is 19.4 Å². The van der Waals surface area contributed by atoms with E-state index in [4.69, 9.17) is 0 Å². The zero-order valence-electron chi connectivity index (χ0n) is 21.2. The molecule has 0 aliphatic carbocycles. The molecule has 3 aromatic carbocycles. The number of carbonyl (C=O) groups is 2. The first-order chi connectivity index (χ1) is 19.0. The van der Waals surface area contributed by atoms with Gasteiger partial charge < -0.3 is 14.8 Å². The summed E-state index contributed by atoms with van der Waals surface area (Å²) in [6.45, 7) is 1.89. The third-order valence-electron chi connectivity index (χ3n) is 7.00. The van der Waals surface area contributed by atoms with Crippen molar-refractivity contribution in [3.63, 3.8) is 0 Å². The van der Waals surface area contributed by atoms with Gasteiger partial charge in [0, 0.05) is 28.6 Å². The number of hydrogen-bond donors (Lipinski definition) is 2. The topological polar surface area (TPSA) is 83.7 Å². The number of aromatic nitrogens is 2. The summed E-state index contributed by atoms with van der Waals surface area (Å²) >= 11 is 1.37. The minimum atomic E-state index is -0.981. The molecule has 192 valence electrons. The number of hydrogen-bond acceptors (Lipinski definition) is 4. The molecule has 0 radical (unpaired) electrons. The predicted octanol–water partition coefficient (Wildman–Crippen LogP) is 7.00. The predicted molar refractivity (Wildman–Crippen MR) is 155 cm³/mol. The Morgan fingerprint density at radius 1 is 0.923 bits per heavy atom. The molecule has 0 bridgehead atoms. The largest absolute Gasteiger partial charge is 0.478 e. The molecule has 0 saturated heterocycles. The van der Waals surface area contributed by atoms with Crippen molar-refractivity contribution >= 4 is 39.7 Å². The lowest BCUT2D eigenvalue weighted by atomic mass is 10.0. The molecule has 39 heavy (non-hydrogen) atoms. The summed E-state index contributed by atoms with van der Waals surface area (Å²) in [7, 11) is 0. The van der Waals surface area contributed by atoms with Crippen LogP contribution in [0, 0.1) is 0 Å². The normalized spacial score (nSPS) is 12.0.